The summed E-state index contributed by atoms with van der Waals surface area (Å²) in [6, 6.07) is 17.4. The summed E-state index contributed by atoms with van der Waals surface area (Å²) in [5, 5.41) is 2.66. The van der Waals surface area contributed by atoms with Crippen molar-refractivity contribution in [2.75, 3.05) is 44.7 Å². The molecule has 6 nitrogen and oxygen atoms in total. The molecule has 3 rings (SSSR count). The summed E-state index contributed by atoms with van der Waals surface area (Å²) in [6.45, 7) is 2.70. The average molecular weight is 379 g/mol. The van der Waals surface area contributed by atoms with Crippen molar-refractivity contribution in [2.45, 2.75) is 0 Å². The van der Waals surface area contributed by atoms with E-state index in [0.717, 1.165) is 30.1 Å². The highest BCUT2D eigenvalue weighted by Gasteiger charge is 2.22. The van der Waals surface area contributed by atoms with E-state index in [1.165, 1.54) is 6.08 Å². The van der Waals surface area contributed by atoms with Crippen LogP contribution in [0.15, 0.2) is 60.7 Å². The molecule has 1 aliphatic rings. The van der Waals surface area contributed by atoms with Crippen molar-refractivity contribution >= 4 is 23.6 Å². The molecule has 2 amide bonds. The molecule has 0 atom stereocenters. The summed E-state index contributed by atoms with van der Waals surface area (Å²) in [6.07, 6.45) is 3.17. The topological polar surface area (TPSA) is 61.9 Å². The first kappa shape index (κ1) is 19.5. The van der Waals surface area contributed by atoms with Crippen molar-refractivity contribution in [2.24, 2.45) is 0 Å². The number of nitrogens with zero attached hydrogens (tertiary/aromatic N) is 2. The van der Waals surface area contributed by atoms with E-state index in [1.54, 1.807) is 18.1 Å². The molecular weight excluding hydrogens is 354 g/mol. The van der Waals surface area contributed by atoms with Crippen molar-refractivity contribution in [1.82, 2.24) is 10.2 Å². The van der Waals surface area contributed by atoms with Crippen molar-refractivity contribution in [3.8, 4) is 5.75 Å². The van der Waals surface area contributed by atoms with E-state index in [2.05, 4.69) is 10.2 Å². The van der Waals surface area contributed by atoms with Gasteiger partial charge in [-0.2, -0.15) is 0 Å². The van der Waals surface area contributed by atoms with Gasteiger partial charge in [-0.15, -0.1) is 0 Å². The van der Waals surface area contributed by atoms with E-state index in [4.69, 9.17) is 4.74 Å². The largest absolute Gasteiger partial charge is 0.495 e. The molecule has 0 unspecified atom stereocenters. The van der Waals surface area contributed by atoms with Gasteiger partial charge in [-0.3, -0.25) is 9.59 Å². The Balaban J connectivity index is 1.45. The van der Waals surface area contributed by atoms with Crippen LogP contribution in [0.25, 0.3) is 6.08 Å². The number of nitrogens with one attached hydrogen (secondary N) is 1. The number of ether oxygens (including phenoxy) is 1. The van der Waals surface area contributed by atoms with E-state index < -0.39 is 0 Å². The van der Waals surface area contributed by atoms with Crippen LogP contribution in [0.3, 0.4) is 0 Å². The highest BCUT2D eigenvalue weighted by Crippen LogP contribution is 2.28. The van der Waals surface area contributed by atoms with Crippen molar-refractivity contribution < 1.29 is 14.3 Å². The maximum Gasteiger partial charge on any atom is 0.244 e. The van der Waals surface area contributed by atoms with Gasteiger partial charge in [0.2, 0.25) is 11.8 Å². The maximum absolute atomic E-state index is 12.4. The molecule has 0 spiro atoms. The number of benzene rings is 2. The van der Waals surface area contributed by atoms with Crippen LogP contribution in [0.5, 0.6) is 5.75 Å². The van der Waals surface area contributed by atoms with Gasteiger partial charge in [-0.25, -0.2) is 0 Å². The lowest BCUT2D eigenvalue weighted by Crippen LogP contribution is -2.51. The van der Waals surface area contributed by atoms with E-state index in [1.807, 2.05) is 54.6 Å². The minimum absolute atomic E-state index is 0.00657. The number of rotatable bonds is 6. The number of hydrogen-bond acceptors (Lipinski definition) is 4. The highest BCUT2D eigenvalue weighted by molar-refractivity contribution is 5.94. The number of anilines is 1. The zero-order valence-electron chi connectivity index (χ0n) is 16.0. The first-order valence-electron chi connectivity index (χ1n) is 9.34. The Morgan fingerprint density at radius 1 is 1.00 bits per heavy atom. The van der Waals surface area contributed by atoms with Gasteiger partial charge in [0.1, 0.15) is 5.75 Å². The molecule has 1 N–H and O–H groups in total. The summed E-state index contributed by atoms with van der Waals surface area (Å²) >= 11 is 0. The van der Waals surface area contributed by atoms with Crippen LogP contribution in [0, 0.1) is 0 Å². The highest BCUT2D eigenvalue weighted by atomic mass is 16.5. The molecule has 6 heteroatoms. The van der Waals surface area contributed by atoms with Crippen LogP contribution in [0.2, 0.25) is 0 Å². The molecule has 1 saturated heterocycles. The standard InChI is InChI=1S/C22H25N3O3/c1-28-20-10-6-5-9-19(20)24-13-15-25(16-14-24)22(27)17-23-21(26)12-11-18-7-3-2-4-8-18/h2-12H,13-17H2,1H3,(H,23,26)/b12-11+. The Morgan fingerprint density at radius 3 is 2.39 bits per heavy atom. The van der Waals surface area contributed by atoms with Gasteiger partial charge in [0, 0.05) is 32.3 Å². The molecule has 0 bridgehead atoms. The third kappa shape index (κ3) is 5.13. The molecular formula is C22H25N3O3. The molecule has 28 heavy (non-hydrogen) atoms. The molecule has 2 aromatic rings. The molecule has 0 aliphatic carbocycles. The van der Waals surface area contributed by atoms with E-state index in [0.29, 0.717) is 13.1 Å². The average Bonchev–Trinajstić information content (AvgIpc) is 2.76. The van der Waals surface area contributed by atoms with Gasteiger partial charge in [0.05, 0.1) is 19.3 Å². The van der Waals surface area contributed by atoms with E-state index in [9.17, 15) is 9.59 Å². The Morgan fingerprint density at radius 2 is 1.68 bits per heavy atom. The maximum atomic E-state index is 12.4. The Hall–Kier alpha value is -3.28. The van der Waals surface area contributed by atoms with Crippen LogP contribution in [-0.4, -0.2) is 56.5 Å². The Kier molecular flexibility index (Phi) is 6.68. The Labute approximate surface area is 165 Å². The lowest BCUT2D eigenvalue weighted by Gasteiger charge is -2.36. The summed E-state index contributed by atoms with van der Waals surface area (Å²) in [5.41, 5.74) is 1.98. The van der Waals surface area contributed by atoms with Crippen LogP contribution in [0.1, 0.15) is 5.56 Å². The second-order valence-electron chi connectivity index (χ2n) is 6.50. The predicted molar refractivity (Wildman–Crippen MR) is 110 cm³/mol. The Bertz CT molecular complexity index is 828. The monoisotopic (exact) mass is 379 g/mol. The predicted octanol–water partition coefficient (Wildman–Crippen LogP) is 2.17. The van der Waals surface area contributed by atoms with Crippen molar-refractivity contribution in [1.29, 1.82) is 0 Å². The van der Waals surface area contributed by atoms with Gasteiger partial charge in [0.25, 0.3) is 0 Å². The fourth-order valence-corrected chi connectivity index (χ4v) is 3.16. The molecule has 1 heterocycles. The molecule has 1 aliphatic heterocycles. The van der Waals surface area contributed by atoms with E-state index in [-0.39, 0.29) is 18.4 Å². The quantitative estimate of drug-likeness (QED) is 0.782. The summed E-state index contributed by atoms with van der Waals surface area (Å²) in [5.74, 6) is 0.491. The van der Waals surface area contributed by atoms with Crippen LogP contribution in [0.4, 0.5) is 5.69 Å². The zero-order chi connectivity index (χ0) is 19.8. The molecule has 0 radical (unpaired) electrons. The number of carbonyl (C=O) groups excluding carboxylic acids is 2. The van der Waals surface area contributed by atoms with Crippen LogP contribution < -0.4 is 15.0 Å². The van der Waals surface area contributed by atoms with Crippen LogP contribution >= 0.6 is 0 Å². The van der Waals surface area contributed by atoms with E-state index >= 15 is 0 Å². The first-order valence-corrected chi connectivity index (χ1v) is 9.34. The number of para-hydroxylation sites is 2. The summed E-state index contributed by atoms with van der Waals surface area (Å²) in [7, 11) is 1.66. The second kappa shape index (κ2) is 9.60. The molecule has 1 fully saturated rings. The van der Waals surface area contributed by atoms with Crippen molar-refractivity contribution in [3.05, 3.63) is 66.2 Å². The minimum Gasteiger partial charge on any atom is -0.495 e. The van der Waals surface area contributed by atoms with Gasteiger partial charge in [0.15, 0.2) is 0 Å². The van der Waals surface area contributed by atoms with Crippen molar-refractivity contribution in [3.63, 3.8) is 0 Å². The molecule has 0 aromatic heterocycles. The minimum atomic E-state index is -0.273. The zero-order valence-corrected chi connectivity index (χ0v) is 16.0. The smallest absolute Gasteiger partial charge is 0.244 e. The third-order valence-corrected chi connectivity index (χ3v) is 4.70. The van der Waals surface area contributed by atoms with Gasteiger partial charge < -0.3 is 19.9 Å². The van der Waals surface area contributed by atoms with Gasteiger partial charge >= 0.3 is 0 Å². The fourth-order valence-electron chi connectivity index (χ4n) is 3.16. The number of hydrogen-bond donors (Lipinski definition) is 1. The SMILES string of the molecule is COc1ccccc1N1CCN(C(=O)CNC(=O)/C=C/c2ccccc2)CC1. The molecule has 2 aromatic carbocycles. The molecule has 146 valence electrons. The lowest BCUT2D eigenvalue weighted by atomic mass is 10.2. The number of carbonyl (C=O) groups is 2. The number of amides is 2. The lowest BCUT2D eigenvalue weighted by molar-refractivity contribution is -0.132. The second-order valence-corrected chi connectivity index (χ2v) is 6.50. The van der Waals surface area contributed by atoms with Crippen LogP contribution in [-0.2, 0) is 9.59 Å². The summed E-state index contributed by atoms with van der Waals surface area (Å²) in [4.78, 5) is 28.3. The molecule has 0 saturated carbocycles. The first-order chi connectivity index (χ1) is 13.7. The van der Waals surface area contributed by atoms with Gasteiger partial charge in [-0.05, 0) is 23.8 Å². The summed E-state index contributed by atoms with van der Waals surface area (Å²) < 4.78 is 5.42. The van der Waals surface area contributed by atoms with Gasteiger partial charge in [-0.1, -0.05) is 42.5 Å². The third-order valence-electron chi connectivity index (χ3n) is 4.70. The number of piperazine rings is 1. The number of methoxy groups -OCH3 is 1. The fraction of sp³-hybridized carbons (Fsp3) is 0.273. The normalized spacial score (nSPS) is 14.2.